The number of carbonyl (C=O) groups excluding carboxylic acids is 1. The third kappa shape index (κ3) is 2.82. The SMILES string of the molecule is Cc1ccccc1C(O)CNC(=O)c1ccc2nncn2c1. The van der Waals surface area contributed by atoms with Crippen molar-refractivity contribution in [2.24, 2.45) is 0 Å². The molecule has 0 aliphatic rings. The molecule has 1 aromatic carbocycles. The van der Waals surface area contributed by atoms with E-state index in [0.29, 0.717) is 11.2 Å². The van der Waals surface area contributed by atoms with E-state index in [1.807, 2.05) is 31.2 Å². The van der Waals surface area contributed by atoms with Gasteiger partial charge in [-0.3, -0.25) is 9.20 Å². The van der Waals surface area contributed by atoms with Crippen LogP contribution in [0.5, 0.6) is 0 Å². The summed E-state index contributed by atoms with van der Waals surface area (Å²) < 4.78 is 1.67. The Kier molecular flexibility index (Phi) is 3.84. The van der Waals surface area contributed by atoms with E-state index in [2.05, 4.69) is 15.5 Å². The lowest BCUT2D eigenvalue weighted by molar-refractivity contribution is 0.0915. The van der Waals surface area contributed by atoms with Crippen molar-refractivity contribution in [3.8, 4) is 0 Å². The quantitative estimate of drug-likeness (QED) is 0.764. The van der Waals surface area contributed by atoms with E-state index in [9.17, 15) is 9.90 Å². The van der Waals surface area contributed by atoms with E-state index >= 15 is 0 Å². The summed E-state index contributed by atoms with van der Waals surface area (Å²) in [5, 5.41) is 20.6. The lowest BCUT2D eigenvalue weighted by Crippen LogP contribution is -2.28. The van der Waals surface area contributed by atoms with Crippen molar-refractivity contribution in [1.29, 1.82) is 0 Å². The standard InChI is InChI=1S/C16H16N4O2/c1-11-4-2-3-5-13(11)14(21)8-17-16(22)12-6-7-15-19-18-10-20(15)9-12/h2-7,9-10,14,21H,8H2,1H3,(H,17,22). The molecule has 0 saturated heterocycles. The number of aliphatic hydroxyl groups excluding tert-OH is 1. The minimum atomic E-state index is -0.733. The van der Waals surface area contributed by atoms with Crippen LogP contribution in [-0.4, -0.2) is 32.2 Å². The molecule has 6 heteroatoms. The van der Waals surface area contributed by atoms with Crippen LogP contribution in [0.1, 0.15) is 27.6 Å². The van der Waals surface area contributed by atoms with Gasteiger partial charge in [-0.1, -0.05) is 24.3 Å². The molecule has 3 rings (SSSR count). The number of nitrogens with one attached hydrogen (secondary N) is 1. The molecule has 0 fully saturated rings. The lowest BCUT2D eigenvalue weighted by Gasteiger charge is -2.14. The molecule has 22 heavy (non-hydrogen) atoms. The monoisotopic (exact) mass is 296 g/mol. The van der Waals surface area contributed by atoms with E-state index in [1.54, 1.807) is 22.7 Å². The van der Waals surface area contributed by atoms with Crippen LogP contribution in [-0.2, 0) is 0 Å². The van der Waals surface area contributed by atoms with Crippen molar-refractivity contribution in [2.75, 3.05) is 6.54 Å². The van der Waals surface area contributed by atoms with Crippen molar-refractivity contribution < 1.29 is 9.90 Å². The minimum Gasteiger partial charge on any atom is -0.387 e. The highest BCUT2D eigenvalue weighted by Gasteiger charge is 2.13. The predicted molar refractivity (Wildman–Crippen MR) is 81.5 cm³/mol. The Balaban J connectivity index is 1.68. The molecular formula is C16H16N4O2. The van der Waals surface area contributed by atoms with E-state index in [-0.39, 0.29) is 12.5 Å². The molecule has 1 amide bonds. The maximum absolute atomic E-state index is 12.2. The highest BCUT2D eigenvalue weighted by atomic mass is 16.3. The fourth-order valence-electron chi connectivity index (χ4n) is 2.32. The van der Waals surface area contributed by atoms with Gasteiger partial charge in [0.1, 0.15) is 6.33 Å². The molecule has 2 aromatic heterocycles. The number of hydrogen-bond donors (Lipinski definition) is 2. The smallest absolute Gasteiger partial charge is 0.252 e. The number of fused-ring (bicyclic) bond motifs is 1. The Morgan fingerprint density at radius 3 is 2.95 bits per heavy atom. The first-order valence-corrected chi connectivity index (χ1v) is 6.96. The van der Waals surface area contributed by atoms with E-state index < -0.39 is 6.10 Å². The summed E-state index contributed by atoms with van der Waals surface area (Å²) >= 11 is 0. The number of amides is 1. The van der Waals surface area contributed by atoms with Gasteiger partial charge in [-0.05, 0) is 30.2 Å². The fraction of sp³-hybridized carbons (Fsp3) is 0.188. The second-order valence-corrected chi connectivity index (χ2v) is 5.10. The summed E-state index contributed by atoms with van der Waals surface area (Å²) in [6, 6.07) is 11.0. The number of aryl methyl sites for hydroxylation is 1. The molecule has 0 saturated carbocycles. The van der Waals surface area contributed by atoms with E-state index in [0.717, 1.165) is 11.1 Å². The summed E-state index contributed by atoms with van der Waals surface area (Å²) in [7, 11) is 0. The first-order chi connectivity index (χ1) is 10.6. The first kappa shape index (κ1) is 14.2. The third-order valence-corrected chi connectivity index (χ3v) is 3.56. The summed E-state index contributed by atoms with van der Waals surface area (Å²) in [5.74, 6) is -0.247. The van der Waals surface area contributed by atoms with Crippen LogP contribution in [0.15, 0.2) is 48.9 Å². The van der Waals surface area contributed by atoms with Gasteiger partial charge in [-0.2, -0.15) is 0 Å². The van der Waals surface area contributed by atoms with Gasteiger partial charge >= 0.3 is 0 Å². The van der Waals surface area contributed by atoms with Crippen LogP contribution < -0.4 is 5.32 Å². The van der Waals surface area contributed by atoms with Gasteiger partial charge in [0.15, 0.2) is 5.65 Å². The zero-order valence-corrected chi connectivity index (χ0v) is 12.1. The molecule has 6 nitrogen and oxygen atoms in total. The van der Waals surface area contributed by atoms with Crippen molar-refractivity contribution in [3.05, 3.63) is 65.6 Å². The van der Waals surface area contributed by atoms with Gasteiger partial charge in [-0.15, -0.1) is 10.2 Å². The van der Waals surface area contributed by atoms with Gasteiger partial charge in [-0.25, -0.2) is 0 Å². The fourth-order valence-corrected chi connectivity index (χ4v) is 2.32. The highest BCUT2D eigenvalue weighted by Crippen LogP contribution is 2.16. The Hall–Kier alpha value is -2.73. The minimum absolute atomic E-state index is 0.157. The molecule has 0 aliphatic heterocycles. The normalized spacial score (nSPS) is 12.3. The molecule has 0 aliphatic carbocycles. The first-order valence-electron chi connectivity index (χ1n) is 6.96. The number of hydrogen-bond acceptors (Lipinski definition) is 4. The molecule has 0 bridgehead atoms. The van der Waals surface area contributed by atoms with Crippen LogP contribution in [0.25, 0.3) is 5.65 Å². The van der Waals surface area contributed by atoms with Gasteiger partial charge in [0.25, 0.3) is 5.91 Å². The number of carbonyl (C=O) groups is 1. The number of pyridine rings is 1. The van der Waals surface area contributed by atoms with Crippen molar-refractivity contribution in [3.63, 3.8) is 0 Å². The van der Waals surface area contributed by atoms with Gasteiger partial charge in [0.2, 0.25) is 0 Å². The molecule has 2 N–H and O–H groups in total. The van der Waals surface area contributed by atoms with Crippen LogP contribution in [0, 0.1) is 6.92 Å². The summed E-state index contributed by atoms with van der Waals surface area (Å²) in [6.45, 7) is 2.09. The molecule has 2 heterocycles. The Morgan fingerprint density at radius 1 is 1.32 bits per heavy atom. The molecule has 1 atom stereocenters. The van der Waals surface area contributed by atoms with Gasteiger partial charge in [0.05, 0.1) is 11.7 Å². The van der Waals surface area contributed by atoms with Crippen molar-refractivity contribution >= 4 is 11.6 Å². The van der Waals surface area contributed by atoms with Gasteiger partial charge in [0, 0.05) is 12.7 Å². The van der Waals surface area contributed by atoms with Crippen molar-refractivity contribution in [1.82, 2.24) is 19.9 Å². The molecule has 112 valence electrons. The largest absolute Gasteiger partial charge is 0.387 e. The molecule has 0 spiro atoms. The number of nitrogens with zero attached hydrogens (tertiary/aromatic N) is 3. The molecule has 3 aromatic rings. The van der Waals surface area contributed by atoms with E-state index in [1.165, 1.54) is 6.33 Å². The second-order valence-electron chi connectivity index (χ2n) is 5.10. The molecule has 0 radical (unpaired) electrons. The third-order valence-electron chi connectivity index (χ3n) is 3.56. The Labute approximate surface area is 127 Å². The van der Waals surface area contributed by atoms with Crippen LogP contribution in [0.3, 0.4) is 0 Å². The van der Waals surface area contributed by atoms with Crippen LogP contribution in [0.4, 0.5) is 0 Å². The number of rotatable bonds is 4. The van der Waals surface area contributed by atoms with E-state index in [4.69, 9.17) is 0 Å². The second kappa shape index (κ2) is 5.95. The average Bonchev–Trinajstić information content (AvgIpc) is 3.00. The summed E-state index contributed by atoms with van der Waals surface area (Å²) in [5.41, 5.74) is 2.98. The summed E-state index contributed by atoms with van der Waals surface area (Å²) in [6.07, 6.45) is 2.46. The topological polar surface area (TPSA) is 79.5 Å². The number of aliphatic hydroxyl groups is 1. The number of aromatic nitrogens is 3. The zero-order chi connectivity index (χ0) is 15.5. The van der Waals surface area contributed by atoms with Crippen molar-refractivity contribution in [2.45, 2.75) is 13.0 Å². The average molecular weight is 296 g/mol. The lowest BCUT2D eigenvalue weighted by atomic mass is 10.0. The summed E-state index contributed by atoms with van der Waals surface area (Å²) in [4.78, 5) is 12.2. The molecule has 1 unspecified atom stereocenters. The molecular weight excluding hydrogens is 280 g/mol. The van der Waals surface area contributed by atoms with Gasteiger partial charge < -0.3 is 10.4 Å². The number of benzene rings is 1. The predicted octanol–water partition coefficient (Wildman–Crippen LogP) is 1.50. The highest BCUT2D eigenvalue weighted by molar-refractivity contribution is 5.94. The maximum atomic E-state index is 12.2. The Bertz CT molecular complexity index is 813. The maximum Gasteiger partial charge on any atom is 0.252 e. The zero-order valence-electron chi connectivity index (χ0n) is 12.1. The van der Waals surface area contributed by atoms with Crippen LogP contribution in [0.2, 0.25) is 0 Å². The Morgan fingerprint density at radius 2 is 2.14 bits per heavy atom. The van der Waals surface area contributed by atoms with Crippen LogP contribution >= 0.6 is 0 Å².